The van der Waals surface area contributed by atoms with E-state index >= 15 is 0 Å². The van der Waals surface area contributed by atoms with Crippen molar-refractivity contribution in [2.45, 2.75) is 12.8 Å². The van der Waals surface area contributed by atoms with Crippen molar-refractivity contribution in [2.75, 3.05) is 11.1 Å². The maximum Gasteiger partial charge on any atom is 0.146 e. The second-order valence-electron chi connectivity index (χ2n) is 3.66. The molecule has 1 aromatic rings. The fourth-order valence-corrected chi connectivity index (χ4v) is 2.20. The molecule has 1 aliphatic rings. The predicted octanol–water partition coefficient (Wildman–Crippen LogP) is 2.49. The van der Waals surface area contributed by atoms with Crippen molar-refractivity contribution in [3.05, 3.63) is 24.4 Å². The highest BCUT2D eigenvalue weighted by atomic mass is 32.2. The maximum atomic E-state index is 11.4. The third-order valence-electron chi connectivity index (χ3n) is 2.27. The second kappa shape index (κ2) is 5.41. The van der Waals surface area contributed by atoms with Crippen molar-refractivity contribution in [2.24, 2.45) is 5.92 Å². The number of Topliss-reactive ketones (excluding diaryl/α,β-unsaturated/α-hetero) is 1. The lowest BCUT2D eigenvalue weighted by molar-refractivity contribution is -0.117. The third kappa shape index (κ3) is 3.57. The minimum Gasteiger partial charge on any atom is -0.326 e. The van der Waals surface area contributed by atoms with Gasteiger partial charge in [-0.05, 0) is 25.0 Å². The first-order valence-corrected chi connectivity index (χ1v) is 6.52. The van der Waals surface area contributed by atoms with Gasteiger partial charge in [0.1, 0.15) is 15.9 Å². The van der Waals surface area contributed by atoms with E-state index in [1.165, 1.54) is 11.8 Å². The lowest BCUT2D eigenvalue weighted by atomic mass is 10.3. The first-order valence-electron chi connectivity index (χ1n) is 5.13. The highest BCUT2D eigenvalue weighted by molar-refractivity contribution is 8.23. The Hall–Kier alpha value is -0.940. The van der Waals surface area contributed by atoms with Gasteiger partial charge in [0.15, 0.2) is 0 Å². The van der Waals surface area contributed by atoms with Crippen molar-refractivity contribution in [1.82, 2.24) is 4.98 Å². The van der Waals surface area contributed by atoms with Crippen LogP contribution in [0.2, 0.25) is 0 Å². The average Bonchev–Trinajstić information content (AvgIpc) is 3.11. The molecule has 0 saturated heterocycles. The van der Waals surface area contributed by atoms with Crippen LogP contribution in [0.3, 0.4) is 0 Å². The molecule has 1 fully saturated rings. The molecule has 0 spiro atoms. The zero-order valence-electron chi connectivity index (χ0n) is 8.68. The predicted molar refractivity (Wildman–Crippen MR) is 70.6 cm³/mol. The number of thiocarbonyl (C=S) groups is 1. The van der Waals surface area contributed by atoms with Crippen molar-refractivity contribution in [3.8, 4) is 0 Å². The average molecular weight is 252 g/mol. The van der Waals surface area contributed by atoms with Crippen LogP contribution in [0, 0.1) is 5.92 Å². The Morgan fingerprint density at radius 1 is 1.56 bits per heavy atom. The molecule has 5 heteroatoms. The summed E-state index contributed by atoms with van der Waals surface area (Å²) in [5.74, 6) is 1.82. The molecule has 1 aromatic heterocycles. The lowest BCUT2D eigenvalue weighted by Gasteiger charge is -2.05. The summed E-state index contributed by atoms with van der Waals surface area (Å²) in [6, 6.07) is 5.57. The van der Waals surface area contributed by atoms with E-state index < -0.39 is 0 Å². The first-order chi connectivity index (χ1) is 7.75. The molecule has 2 rings (SSSR count). The quantitative estimate of drug-likeness (QED) is 0.834. The Bertz CT molecular complexity index is 390. The Kier molecular flexibility index (Phi) is 3.90. The summed E-state index contributed by atoms with van der Waals surface area (Å²) >= 11 is 6.50. The number of nitrogens with zero attached hydrogens (tertiary/aromatic N) is 1. The van der Waals surface area contributed by atoms with Crippen LogP contribution in [0.4, 0.5) is 5.82 Å². The smallest absolute Gasteiger partial charge is 0.146 e. The number of carbonyl (C=O) groups excluding carboxylic acids is 1. The highest BCUT2D eigenvalue weighted by Gasteiger charge is 2.29. The minimum atomic E-state index is 0.310. The van der Waals surface area contributed by atoms with E-state index in [0.717, 1.165) is 18.7 Å². The first kappa shape index (κ1) is 11.5. The molecule has 0 bridgehead atoms. The largest absolute Gasteiger partial charge is 0.326 e. The van der Waals surface area contributed by atoms with Crippen LogP contribution >= 0.6 is 24.0 Å². The molecular weight excluding hydrogens is 240 g/mol. The molecular formula is C11H12N2OS2. The summed E-state index contributed by atoms with van der Waals surface area (Å²) in [7, 11) is 0. The number of carbonyl (C=O) groups is 1. The van der Waals surface area contributed by atoms with E-state index in [2.05, 4.69) is 10.3 Å². The summed E-state index contributed by atoms with van der Waals surface area (Å²) in [6.45, 7) is 0. The SMILES string of the molecule is O=C(CSC(=S)Nc1ccccn1)C1CC1. The van der Waals surface area contributed by atoms with Crippen LogP contribution in [0.1, 0.15) is 12.8 Å². The standard InChI is InChI=1S/C11H12N2OS2/c14-9(8-4-5-8)7-16-11(15)13-10-3-1-2-6-12-10/h1-3,6,8H,4-5,7H2,(H,12,13,15). The number of pyridine rings is 1. The number of thioether (sulfide) groups is 1. The minimum absolute atomic E-state index is 0.310. The van der Waals surface area contributed by atoms with Gasteiger partial charge in [0.25, 0.3) is 0 Å². The summed E-state index contributed by atoms with van der Waals surface area (Å²) in [6.07, 6.45) is 3.81. The molecule has 1 heterocycles. The monoisotopic (exact) mass is 252 g/mol. The van der Waals surface area contributed by atoms with Gasteiger partial charge in [0.2, 0.25) is 0 Å². The molecule has 0 aliphatic heterocycles. The van der Waals surface area contributed by atoms with Crippen LogP contribution in [-0.4, -0.2) is 20.8 Å². The fourth-order valence-electron chi connectivity index (χ4n) is 1.24. The summed E-state index contributed by atoms with van der Waals surface area (Å²) < 4.78 is 0.604. The van der Waals surface area contributed by atoms with Gasteiger partial charge < -0.3 is 5.32 Å². The van der Waals surface area contributed by atoms with Crippen molar-refractivity contribution in [1.29, 1.82) is 0 Å². The molecule has 1 aliphatic carbocycles. The van der Waals surface area contributed by atoms with Crippen LogP contribution in [0.5, 0.6) is 0 Å². The van der Waals surface area contributed by atoms with E-state index in [9.17, 15) is 4.79 Å². The van der Waals surface area contributed by atoms with E-state index in [1.54, 1.807) is 6.20 Å². The molecule has 1 saturated carbocycles. The summed E-state index contributed by atoms with van der Waals surface area (Å²) in [4.78, 5) is 15.5. The van der Waals surface area contributed by atoms with Gasteiger partial charge >= 0.3 is 0 Å². The number of aromatic nitrogens is 1. The van der Waals surface area contributed by atoms with E-state index in [4.69, 9.17) is 12.2 Å². The Morgan fingerprint density at radius 3 is 3.00 bits per heavy atom. The molecule has 0 unspecified atom stereocenters. The number of ketones is 1. The molecule has 0 radical (unpaired) electrons. The molecule has 0 aromatic carbocycles. The van der Waals surface area contributed by atoms with Gasteiger partial charge in [-0.15, -0.1) is 0 Å². The molecule has 3 nitrogen and oxygen atoms in total. The van der Waals surface area contributed by atoms with Crippen molar-refractivity contribution < 1.29 is 4.79 Å². The van der Waals surface area contributed by atoms with Gasteiger partial charge in [0.05, 0.1) is 5.75 Å². The molecule has 16 heavy (non-hydrogen) atoms. The maximum absolute atomic E-state index is 11.4. The zero-order valence-corrected chi connectivity index (χ0v) is 10.3. The Labute approximate surface area is 104 Å². The van der Waals surface area contributed by atoms with Gasteiger partial charge in [-0.3, -0.25) is 4.79 Å². The van der Waals surface area contributed by atoms with Crippen LogP contribution in [0.15, 0.2) is 24.4 Å². The van der Waals surface area contributed by atoms with Crippen molar-refractivity contribution >= 4 is 39.9 Å². The van der Waals surface area contributed by atoms with Crippen LogP contribution < -0.4 is 5.32 Å². The van der Waals surface area contributed by atoms with E-state index in [1.807, 2.05) is 18.2 Å². The highest BCUT2D eigenvalue weighted by Crippen LogP contribution is 2.31. The van der Waals surface area contributed by atoms with Crippen molar-refractivity contribution in [3.63, 3.8) is 0 Å². The van der Waals surface area contributed by atoms with Gasteiger partial charge in [-0.25, -0.2) is 4.98 Å². The summed E-state index contributed by atoms with van der Waals surface area (Å²) in [5, 5.41) is 2.99. The molecule has 0 atom stereocenters. The van der Waals surface area contributed by atoms with Crippen LogP contribution in [-0.2, 0) is 4.79 Å². The molecule has 1 N–H and O–H groups in total. The number of hydrogen-bond acceptors (Lipinski definition) is 4. The van der Waals surface area contributed by atoms with Gasteiger partial charge in [-0.2, -0.15) is 0 Å². The Balaban J connectivity index is 1.74. The third-order valence-corrected chi connectivity index (χ3v) is 3.52. The number of anilines is 1. The molecule has 0 amide bonds. The van der Waals surface area contributed by atoms with Gasteiger partial charge in [-0.1, -0.05) is 30.0 Å². The summed E-state index contributed by atoms with van der Waals surface area (Å²) in [5.41, 5.74) is 0. The second-order valence-corrected chi connectivity index (χ2v) is 5.31. The van der Waals surface area contributed by atoms with E-state index in [-0.39, 0.29) is 0 Å². The van der Waals surface area contributed by atoms with Gasteiger partial charge in [0, 0.05) is 12.1 Å². The topological polar surface area (TPSA) is 42.0 Å². The number of hydrogen-bond donors (Lipinski definition) is 1. The number of nitrogens with one attached hydrogen (secondary N) is 1. The molecule has 84 valence electrons. The van der Waals surface area contributed by atoms with E-state index in [0.29, 0.717) is 21.8 Å². The van der Waals surface area contributed by atoms with Crippen LogP contribution in [0.25, 0.3) is 0 Å². The number of rotatable bonds is 4. The Morgan fingerprint density at radius 2 is 2.38 bits per heavy atom. The fraction of sp³-hybridized carbons (Fsp3) is 0.364. The lowest BCUT2D eigenvalue weighted by Crippen LogP contribution is -2.11. The zero-order chi connectivity index (χ0) is 11.4. The normalized spacial score (nSPS) is 14.5.